The molecule has 4 aromatic rings. The Labute approximate surface area is 206 Å². The van der Waals surface area contributed by atoms with Gasteiger partial charge in [0.15, 0.2) is 5.78 Å². The predicted octanol–water partition coefficient (Wildman–Crippen LogP) is 5.72. The number of furan rings is 1. The van der Waals surface area contributed by atoms with Gasteiger partial charge in [0.1, 0.15) is 23.8 Å². The summed E-state index contributed by atoms with van der Waals surface area (Å²) in [5, 5.41) is 0.436. The normalized spacial score (nSPS) is 11.0. The Morgan fingerprint density at radius 2 is 1.81 bits per heavy atom. The molecule has 0 radical (unpaired) electrons. The second kappa shape index (κ2) is 10.7. The molecule has 0 unspecified atom stereocenters. The van der Waals surface area contributed by atoms with Crippen LogP contribution in [0.15, 0.2) is 59.0 Å². The lowest BCUT2D eigenvalue weighted by atomic mass is 9.98. The molecule has 0 aliphatic carbocycles. The molecule has 0 bridgehead atoms. The highest BCUT2D eigenvalue weighted by atomic mass is 19.1. The van der Waals surface area contributed by atoms with Gasteiger partial charge in [-0.3, -0.25) is 9.59 Å². The first-order chi connectivity index (χ1) is 17.3. The van der Waals surface area contributed by atoms with Crippen molar-refractivity contribution in [2.24, 2.45) is 5.73 Å². The van der Waals surface area contributed by atoms with Crippen LogP contribution in [0.4, 0.5) is 8.78 Å². The van der Waals surface area contributed by atoms with Crippen molar-refractivity contribution in [3.05, 3.63) is 88.7 Å². The van der Waals surface area contributed by atoms with E-state index in [0.29, 0.717) is 39.0 Å². The number of ketones is 1. The third-order valence-corrected chi connectivity index (χ3v) is 5.74. The molecule has 0 amide bonds. The summed E-state index contributed by atoms with van der Waals surface area (Å²) in [6, 6.07) is 13.4. The van der Waals surface area contributed by atoms with Gasteiger partial charge in [-0.15, -0.1) is 0 Å². The summed E-state index contributed by atoms with van der Waals surface area (Å²) in [4.78, 5) is 24.0. The topological polar surface area (TPSA) is 91.8 Å². The second-order valence-electron chi connectivity index (χ2n) is 8.24. The zero-order valence-corrected chi connectivity index (χ0v) is 19.9. The summed E-state index contributed by atoms with van der Waals surface area (Å²) in [5.41, 5.74) is 8.33. The fourth-order valence-corrected chi connectivity index (χ4v) is 4.00. The van der Waals surface area contributed by atoms with Gasteiger partial charge in [-0.05, 0) is 37.6 Å². The average molecular weight is 494 g/mol. The van der Waals surface area contributed by atoms with Crippen LogP contribution in [0, 0.1) is 11.8 Å². The number of ether oxygens (including phenoxy) is 2. The van der Waals surface area contributed by atoms with Crippen molar-refractivity contribution in [3.8, 4) is 16.9 Å². The Morgan fingerprint density at radius 3 is 2.53 bits per heavy atom. The van der Waals surface area contributed by atoms with Crippen LogP contribution in [0.2, 0.25) is 0 Å². The van der Waals surface area contributed by atoms with E-state index in [4.69, 9.17) is 19.6 Å². The lowest BCUT2D eigenvalue weighted by Crippen LogP contribution is -2.10. The number of esters is 1. The predicted molar refractivity (Wildman–Crippen MR) is 131 cm³/mol. The van der Waals surface area contributed by atoms with Gasteiger partial charge in [-0.1, -0.05) is 30.3 Å². The van der Waals surface area contributed by atoms with Gasteiger partial charge in [0.2, 0.25) is 0 Å². The van der Waals surface area contributed by atoms with Crippen molar-refractivity contribution in [1.82, 2.24) is 0 Å². The molecule has 0 atom stereocenters. The van der Waals surface area contributed by atoms with E-state index in [1.54, 1.807) is 55.5 Å². The minimum Gasteiger partial charge on any atom is -0.489 e. The summed E-state index contributed by atoms with van der Waals surface area (Å²) in [6.45, 7) is 3.40. The molecule has 6 nitrogen and oxygen atoms in total. The van der Waals surface area contributed by atoms with Gasteiger partial charge >= 0.3 is 5.97 Å². The molecule has 0 aliphatic heterocycles. The summed E-state index contributed by atoms with van der Waals surface area (Å²) in [7, 11) is 0. The number of rotatable bonds is 9. The molecule has 0 saturated carbocycles. The Balaban J connectivity index is 1.72. The Bertz CT molecular complexity index is 1440. The van der Waals surface area contributed by atoms with Crippen LogP contribution < -0.4 is 10.5 Å². The molecule has 8 heteroatoms. The summed E-state index contributed by atoms with van der Waals surface area (Å²) in [5.74, 6) is -0.754. The number of carbonyl (C=O) groups excluding carboxylic acids is 2. The van der Waals surface area contributed by atoms with Gasteiger partial charge in [-0.2, -0.15) is 4.39 Å². The van der Waals surface area contributed by atoms with Crippen molar-refractivity contribution < 1.29 is 32.3 Å². The van der Waals surface area contributed by atoms with Gasteiger partial charge < -0.3 is 19.6 Å². The number of nitrogens with two attached hydrogens (primary N) is 1. The first kappa shape index (κ1) is 25.1. The highest BCUT2D eigenvalue weighted by molar-refractivity contribution is 5.95. The van der Waals surface area contributed by atoms with Crippen LogP contribution in [0.3, 0.4) is 0 Å². The number of fused-ring (bicyclic) bond motifs is 1. The van der Waals surface area contributed by atoms with Crippen molar-refractivity contribution in [3.63, 3.8) is 0 Å². The average Bonchev–Trinajstić information content (AvgIpc) is 3.23. The first-order valence-corrected chi connectivity index (χ1v) is 11.4. The molecule has 3 aromatic carbocycles. The number of halogens is 2. The van der Waals surface area contributed by atoms with Crippen molar-refractivity contribution in [1.29, 1.82) is 0 Å². The van der Waals surface area contributed by atoms with Crippen molar-refractivity contribution in [2.75, 3.05) is 6.61 Å². The Kier molecular flexibility index (Phi) is 7.45. The fraction of sp³-hybridized carbons (Fsp3) is 0.214. The highest BCUT2D eigenvalue weighted by Gasteiger charge is 2.18. The van der Waals surface area contributed by atoms with Crippen LogP contribution in [-0.4, -0.2) is 18.4 Å². The molecule has 0 saturated heterocycles. The zero-order valence-electron chi connectivity index (χ0n) is 19.9. The quantitative estimate of drug-likeness (QED) is 0.237. The minimum absolute atomic E-state index is 0.00508. The molecular weight excluding hydrogens is 468 g/mol. The van der Waals surface area contributed by atoms with E-state index in [1.807, 2.05) is 0 Å². The first-order valence-electron chi connectivity index (χ1n) is 11.4. The monoisotopic (exact) mass is 493 g/mol. The number of hydrogen-bond donors (Lipinski definition) is 1. The zero-order chi connectivity index (χ0) is 25.8. The van der Waals surface area contributed by atoms with Crippen LogP contribution >= 0.6 is 0 Å². The number of Topliss-reactive ketones (excluding diaryl/α,β-unsaturated/α-hetero) is 1. The molecular formula is C28H25F2NO5. The van der Waals surface area contributed by atoms with Gasteiger partial charge in [0.05, 0.1) is 13.0 Å². The van der Waals surface area contributed by atoms with E-state index in [1.165, 1.54) is 13.0 Å². The summed E-state index contributed by atoms with van der Waals surface area (Å²) >= 11 is 0. The maximum absolute atomic E-state index is 15.1. The molecule has 2 N–H and O–H groups in total. The van der Waals surface area contributed by atoms with Gasteiger partial charge in [-0.25, -0.2) is 4.39 Å². The van der Waals surface area contributed by atoms with E-state index < -0.39 is 17.8 Å². The van der Waals surface area contributed by atoms with E-state index in [-0.39, 0.29) is 43.1 Å². The largest absolute Gasteiger partial charge is 0.489 e. The number of carbonyl (C=O) groups is 2. The van der Waals surface area contributed by atoms with E-state index in [2.05, 4.69) is 0 Å². The van der Waals surface area contributed by atoms with Crippen LogP contribution in [0.5, 0.6) is 5.75 Å². The van der Waals surface area contributed by atoms with E-state index >= 15 is 4.39 Å². The third-order valence-electron chi connectivity index (χ3n) is 5.74. The van der Waals surface area contributed by atoms with Crippen LogP contribution in [0.1, 0.15) is 40.9 Å². The van der Waals surface area contributed by atoms with E-state index in [0.717, 1.165) is 0 Å². The fourth-order valence-electron chi connectivity index (χ4n) is 4.00. The minimum atomic E-state index is -0.800. The maximum atomic E-state index is 15.1. The standard InChI is InChI=1S/C28H25F2NO5/c1-3-34-26(33)13-19-8-7-18(16(2)32)11-24(19)35-15-17-9-21-12-25(29)36-28(21)23(10-17)22-6-4-5-20(14-31)27(22)30/h4-12H,3,13-15,31H2,1-2H3. The maximum Gasteiger partial charge on any atom is 0.310 e. The second-order valence-corrected chi connectivity index (χ2v) is 8.24. The lowest BCUT2D eigenvalue weighted by Gasteiger charge is -2.14. The summed E-state index contributed by atoms with van der Waals surface area (Å²) < 4.78 is 45.4. The molecule has 4 rings (SSSR count). The van der Waals surface area contributed by atoms with Gasteiger partial charge in [0, 0.05) is 45.8 Å². The smallest absolute Gasteiger partial charge is 0.310 e. The van der Waals surface area contributed by atoms with Crippen LogP contribution in [0.25, 0.3) is 22.1 Å². The Morgan fingerprint density at radius 1 is 1.00 bits per heavy atom. The third kappa shape index (κ3) is 5.28. The molecule has 186 valence electrons. The Hall–Kier alpha value is -4.04. The molecule has 1 heterocycles. The molecule has 0 aliphatic rings. The molecule has 0 fully saturated rings. The molecule has 1 aromatic heterocycles. The lowest BCUT2D eigenvalue weighted by molar-refractivity contribution is -0.142. The number of benzene rings is 3. The summed E-state index contributed by atoms with van der Waals surface area (Å²) in [6.07, 6.45) is -0.0321. The van der Waals surface area contributed by atoms with Crippen LogP contribution in [-0.2, 0) is 29.1 Å². The molecule has 36 heavy (non-hydrogen) atoms. The van der Waals surface area contributed by atoms with E-state index in [9.17, 15) is 14.0 Å². The number of hydrogen-bond acceptors (Lipinski definition) is 6. The SMILES string of the molecule is CCOC(=O)Cc1ccc(C(C)=O)cc1OCc1cc(-c2cccc(CN)c2F)c2oc(F)cc2c1. The highest BCUT2D eigenvalue weighted by Crippen LogP contribution is 2.35. The molecule has 0 spiro atoms. The van der Waals surface area contributed by atoms with Gasteiger partial charge in [0.25, 0.3) is 6.01 Å². The van der Waals surface area contributed by atoms with Crippen molar-refractivity contribution >= 4 is 22.7 Å². The van der Waals surface area contributed by atoms with Crippen molar-refractivity contribution in [2.45, 2.75) is 33.4 Å².